The van der Waals surface area contributed by atoms with E-state index in [4.69, 9.17) is 11.6 Å². The number of nitrogens with one attached hydrogen (secondary N) is 1. The van der Waals surface area contributed by atoms with Gasteiger partial charge >= 0.3 is 0 Å². The summed E-state index contributed by atoms with van der Waals surface area (Å²) in [4.78, 5) is 2.69. The van der Waals surface area contributed by atoms with Gasteiger partial charge < -0.3 is 5.32 Å². The number of hydrogen-bond donors (Lipinski definition) is 1. The van der Waals surface area contributed by atoms with Crippen LogP contribution in [0.2, 0.25) is 5.02 Å². The van der Waals surface area contributed by atoms with Crippen molar-refractivity contribution in [2.24, 2.45) is 5.92 Å². The second-order valence-electron chi connectivity index (χ2n) is 7.71. The van der Waals surface area contributed by atoms with Crippen LogP contribution in [0.5, 0.6) is 0 Å². The molecule has 26 heavy (non-hydrogen) atoms. The lowest BCUT2D eigenvalue weighted by Crippen LogP contribution is -2.49. The Balaban J connectivity index is 0.00000169. The molecule has 1 aromatic rings. The summed E-state index contributed by atoms with van der Waals surface area (Å²) < 4.78 is 0. The molecule has 1 aliphatic heterocycles. The van der Waals surface area contributed by atoms with Crippen LogP contribution >= 0.6 is 36.4 Å². The molecule has 1 aliphatic carbocycles. The Morgan fingerprint density at radius 1 is 1.04 bits per heavy atom. The minimum absolute atomic E-state index is 0. The molecule has 1 heterocycles. The predicted octanol–water partition coefficient (Wildman–Crippen LogP) is 6.27. The number of rotatable bonds is 5. The summed E-state index contributed by atoms with van der Waals surface area (Å²) in [6.45, 7) is 2.41. The minimum Gasteiger partial charge on any atom is -0.305 e. The van der Waals surface area contributed by atoms with Crippen molar-refractivity contribution < 1.29 is 0 Å². The van der Waals surface area contributed by atoms with E-state index in [1.165, 1.54) is 76.4 Å². The zero-order valence-corrected chi connectivity index (χ0v) is 18.4. The topological polar surface area (TPSA) is 15.3 Å². The normalized spacial score (nSPS) is 23.4. The Hall–Kier alpha value is 0.01000. The maximum atomic E-state index is 6.33. The fourth-order valence-electron chi connectivity index (χ4n) is 4.77. The molecule has 0 spiro atoms. The third-order valence-electron chi connectivity index (χ3n) is 6.12. The van der Waals surface area contributed by atoms with E-state index < -0.39 is 0 Å². The molecule has 0 radical (unpaired) electrons. The van der Waals surface area contributed by atoms with Gasteiger partial charge in [0.25, 0.3) is 0 Å². The molecule has 150 valence electrons. The zero-order valence-electron chi connectivity index (χ0n) is 16.0. The third kappa shape index (κ3) is 6.56. The van der Waals surface area contributed by atoms with E-state index in [1.807, 2.05) is 6.07 Å². The highest BCUT2D eigenvalue weighted by Crippen LogP contribution is 2.37. The highest BCUT2D eigenvalue weighted by Gasteiger charge is 2.29. The van der Waals surface area contributed by atoms with Gasteiger partial charge in [0.2, 0.25) is 0 Å². The smallest absolute Gasteiger partial charge is 0.0594 e. The first-order valence-corrected chi connectivity index (χ1v) is 10.3. The lowest BCUT2D eigenvalue weighted by molar-refractivity contribution is 0.107. The van der Waals surface area contributed by atoms with Crippen LogP contribution in [0.25, 0.3) is 0 Å². The number of nitrogens with zero attached hydrogens (tertiary/aromatic N) is 1. The summed E-state index contributed by atoms with van der Waals surface area (Å²) in [5.41, 5.74) is 1.45. The van der Waals surface area contributed by atoms with E-state index in [2.05, 4.69) is 35.5 Å². The summed E-state index contributed by atoms with van der Waals surface area (Å²) in [5.74, 6) is 1.43. The van der Waals surface area contributed by atoms with E-state index in [1.54, 1.807) is 0 Å². The number of benzene rings is 1. The number of likely N-dealkylation sites (tertiary alicyclic amines) is 1. The molecule has 1 aromatic carbocycles. The molecule has 0 amide bonds. The van der Waals surface area contributed by atoms with Crippen LogP contribution < -0.4 is 5.32 Å². The summed E-state index contributed by atoms with van der Waals surface area (Å²) in [6.07, 6.45) is 12.9. The first-order valence-electron chi connectivity index (χ1n) is 9.94. The van der Waals surface area contributed by atoms with E-state index in [-0.39, 0.29) is 24.8 Å². The number of hydrogen-bond acceptors (Lipinski definition) is 2. The van der Waals surface area contributed by atoms with Crippen LogP contribution in [0, 0.1) is 5.92 Å². The lowest BCUT2D eigenvalue weighted by atomic mass is 9.80. The average Bonchev–Trinajstić information content (AvgIpc) is 2.89. The van der Waals surface area contributed by atoms with Crippen molar-refractivity contribution in [2.45, 2.75) is 69.9 Å². The van der Waals surface area contributed by atoms with Crippen molar-refractivity contribution in [3.8, 4) is 0 Å². The Morgan fingerprint density at radius 2 is 1.73 bits per heavy atom. The fourth-order valence-corrected chi connectivity index (χ4v) is 4.96. The molecule has 0 bridgehead atoms. The molecule has 1 saturated heterocycles. The Kier molecular flexibility index (Phi) is 11.5. The van der Waals surface area contributed by atoms with Gasteiger partial charge in [0.05, 0.1) is 6.17 Å². The number of piperidine rings is 1. The minimum atomic E-state index is 0. The van der Waals surface area contributed by atoms with Gasteiger partial charge in [-0.05, 0) is 75.2 Å². The number of halogens is 3. The van der Waals surface area contributed by atoms with Crippen LogP contribution in [0.15, 0.2) is 24.3 Å². The van der Waals surface area contributed by atoms with Crippen molar-refractivity contribution in [3.05, 3.63) is 34.9 Å². The van der Waals surface area contributed by atoms with Crippen molar-refractivity contribution in [1.82, 2.24) is 10.2 Å². The van der Waals surface area contributed by atoms with Gasteiger partial charge in [-0.25, -0.2) is 0 Å². The third-order valence-corrected chi connectivity index (χ3v) is 6.36. The summed E-state index contributed by atoms with van der Waals surface area (Å²) >= 11 is 6.33. The van der Waals surface area contributed by atoms with Crippen LogP contribution in [0.4, 0.5) is 0 Å². The van der Waals surface area contributed by atoms with Crippen LogP contribution in [0.3, 0.4) is 0 Å². The van der Waals surface area contributed by atoms with Crippen LogP contribution in [0.1, 0.15) is 69.3 Å². The Bertz CT molecular complexity index is 504. The molecule has 1 N–H and O–H groups in total. The van der Waals surface area contributed by atoms with E-state index in [0.29, 0.717) is 12.1 Å². The molecule has 2 nitrogen and oxygen atoms in total. The standard InChI is InChI=1S/C21H33ClN2.2ClH/c1-23-21-13-6-7-14-24(21)16-20(17-9-4-2-3-5-10-17)18-11-8-12-19(22)15-18;;/h8,11-12,15,17,20-21,23H,2-7,9-10,13-14,16H2,1H3;2*1H. The monoisotopic (exact) mass is 420 g/mol. The molecule has 0 aromatic heterocycles. The van der Waals surface area contributed by atoms with Crippen molar-refractivity contribution in [3.63, 3.8) is 0 Å². The largest absolute Gasteiger partial charge is 0.305 e. The maximum Gasteiger partial charge on any atom is 0.0594 e. The predicted molar refractivity (Wildman–Crippen MR) is 118 cm³/mol. The van der Waals surface area contributed by atoms with Crippen LogP contribution in [-0.4, -0.2) is 31.2 Å². The first-order chi connectivity index (χ1) is 11.8. The summed E-state index contributed by atoms with van der Waals surface area (Å²) in [6, 6.07) is 8.66. The molecule has 2 fully saturated rings. The lowest BCUT2D eigenvalue weighted by Gasteiger charge is -2.40. The van der Waals surface area contributed by atoms with E-state index in [9.17, 15) is 0 Å². The molecule has 1 saturated carbocycles. The average molecular weight is 422 g/mol. The van der Waals surface area contributed by atoms with Crippen molar-refractivity contribution in [2.75, 3.05) is 20.1 Å². The second-order valence-corrected chi connectivity index (χ2v) is 8.14. The zero-order chi connectivity index (χ0) is 16.8. The Morgan fingerprint density at radius 3 is 2.38 bits per heavy atom. The van der Waals surface area contributed by atoms with Gasteiger partial charge in [-0.15, -0.1) is 24.8 Å². The van der Waals surface area contributed by atoms with Crippen LogP contribution in [-0.2, 0) is 0 Å². The SMILES string of the molecule is CNC1CCCCN1CC(c1cccc(Cl)c1)C1CCCCCC1.Cl.Cl. The molecule has 2 aliphatic rings. The van der Waals surface area contributed by atoms with E-state index >= 15 is 0 Å². The fraction of sp³-hybridized carbons (Fsp3) is 0.714. The van der Waals surface area contributed by atoms with Crippen molar-refractivity contribution in [1.29, 1.82) is 0 Å². The molecule has 2 atom stereocenters. The second kappa shape index (κ2) is 12.5. The summed E-state index contributed by atoms with van der Waals surface area (Å²) in [5, 5.41) is 4.42. The quantitative estimate of drug-likeness (QED) is 0.564. The molecule has 5 heteroatoms. The van der Waals surface area contributed by atoms with Gasteiger partial charge in [-0.3, -0.25) is 4.90 Å². The first kappa shape index (κ1) is 24.0. The molecule has 2 unspecified atom stereocenters. The maximum absolute atomic E-state index is 6.33. The highest BCUT2D eigenvalue weighted by atomic mass is 35.5. The molecule has 3 rings (SSSR count). The highest BCUT2D eigenvalue weighted by molar-refractivity contribution is 6.30. The molecular weight excluding hydrogens is 387 g/mol. The van der Waals surface area contributed by atoms with Crippen molar-refractivity contribution >= 4 is 36.4 Å². The van der Waals surface area contributed by atoms with Gasteiger partial charge in [-0.2, -0.15) is 0 Å². The molecular formula is C21H35Cl3N2. The van der Waals surface area contributed by atoms with Gasteiger partial charge in [-0.1, -0.05) is 49.4 Å². The Labute approximate surface area is 177 Å². The van der Waals surface area contributed by atoms with Gasteiger partial charge in [0, 0.05) is 11.6 Å². The van der Waals surface area contributed by atoms with E-state index in [0.717, 1.165) is 10.9 Å². The summed E-state index contributed by atoms with van der Waals surface area (Å²) in [7, 11) is 2.11. The van der Waals surface area contributed by atoms with Gasteiger partial charge in [0.1, 0.15) is 0 Å². The van der Waals surface area contributed by atoms with Gasteiger partial charge in [0.15, 0.2) is 0 Å².